The number of hydrogen-bond donors (Lipinski definition) is 2. The van der Waals surface area contributed by atoms with Crippen molar-refractivity contribution in [3.63, 3.8) is 0 Å². The van der Waals surface area contributed by atoms with E-state index in [1.165, 1.54) is 11.3 Å². The normalized spacial score (nSPS) is 12.3. The van der Waals surface area contributed by atoms with Crippen molar-refractivity contribution < 1.29 is 9.90 Å². The number of carbonyl (C=O) groups is 1. The number of thiazole rings is 1. The fraction of sp³-hybridized carbons (Fsp3) is 0.222. The van der Waals surface area contributed by atoms with Gasteiger partial charge < -0.3 is 10.4 Å². The maximum absolute atomic E-state index is 11.9. The minimum absolute atomic E-state index is 0.130. The Morgan fingerprint density at radius 3 is 2.78 bits per heavy atom. The summed E-state index contributed by atoms with van der Waals surface area (Å²) < 4.78 is 0. The molecule has 1 heterocycles. The van der Waals surface area contributed by atoms with Crippen LogP contribution >= 0.6 is 11.3 Å². The molecule has 4 nitrogen and oxygen atoms in total. The van der Waals surface area contributed by atoms with Crippen LogP contribution in [0.25, 0.3) is 10.8 Å². The molecule has 23 heavy (non-hydrogen) atoms. The largest absolute Gasteiger partial charge is 0.387 e. The monoisotopic (exact) mass is 326 g/mol. The van der Waals surface area contributed by atoms with E-state index in [-0.39, 0.29) is 18.9 Å². The third-order valence-corrected chi connectivity index (χ3v) is 4.48. The van der Waals surface area contributed by atoms with Gasteiger partial charge in [0.05, 0.1) is 23.2 Å². The average molecular weight is 326 g/mol. The summed E-state index contributed by atoms with van der Waals surface area (Å²) in [6.45, 7) is 2.11. The molecule has 5 heteroatoms. The molecule has 0 saturated carbocycles. The molecule has 0 aliphatic carbocycles. The predicted octanol–water partition coefficient (Wildman–Crippen LogP) is 3.00. The van der Waals surface area contributed by atoms with Crippen LogP contribution in [-0.2, 0) is 11.2 Å². The van der Waals surface area contributed by atoms with Crippen molar-refractivity contribution in [1.82, 2.24) is 10.3 Å². The van der Waals surface area contributed by atoms with Gasteiger partial charge in [0.2, 0.25) is 5.91 Å². The van der Waals surface area contributed by atoms with Gasteiger partial charge in [0.15, 0.2) is 0 Å². The van der Waals surface area contributed by atoms with E-state index in [9.17, 15) is 9.90 Å². The number of fused-ring (bicyclic) bond motifs is 1. The van der Waals surface area contributed by atoms with Crippen LogP contribution in [0.15, 0.2) is 47.8 Å². The topological polar surface area (TPSA) is 62.2 Å². The van der Waals surface area contributed by atoms with Gasteiger partial charge in [-0.3, -0.25) is 4.79 Å². The first kappa shape index (κ1) is 15.6. The van der Waals surface area contributed by atoms with E-state index in [4.69, 9.17) is 0 Å². The zero-order chi connectivity index (χ0) is 16.2. The lowest BCUT2D eigenvalue weighted by atomic mass is 10.0. The van der Waals surface area contributed by atoms with Crippen molar-refractivity contribution in [3.8, 4) is 0 Å². The first-order valence-electron chi connectivity index (χ1n) is 7.46. The smallest absolute Gasteiger partial charge is 0.226 e. The molecule has 1 atom stereocenters. The van der Waals surface area contributed by atoms with Crippen molar-refractivity contribution in [2.24, 2.45) is 0 Å². The van der Waals surface area contributed by atoms with Crippen LogP contribution in [0.5, 0.6) is 0 Å². The summed E-state index contributed by atoms with van der Waals surface area (Å²) in [5.41, 5.74) is 1.57. The van der Waals surface area contributed by atoms with E-state index in [1.54, 1.807) is 0 Å². The molecule has 0 fully saturated rings. The van der Waals surface area contributed by atoms with Crippen LogP contribution in [0.3, 0.4) is 0 Å². The third-order valence-electron chi connectivity index (χ3n) is 3.66. The molecule has 1 unspecified atom stereocenters. The van der Waals surface area contributed by atoms with Crippen LogP contribution in [0.4, 0.5) is 0 Å². The molecule has 0 bridgehead atoms. The molecule has 0 aliphatic rings. The number of nitrogens with zero attached hydrogens (tertiary/aromatic N) is 1. The lowest BCUT2D eigenvalue weighted by Crippen LogP contribution is -2.29. The Kier molecular flexibility index (Phi) is 4.69. The number of hydrogen-bond acceptors (Lipinski definition) is 4. The Labute approximate surface area is 138 Å². The quantitative estimate of drug-likeness (QED) is 0.758. The zero-order valence-corrected chi connectivity index (χ0v) is 13.6. The number of aromatic nitrogens is 1. The second-order valence-electron chi connectivity index (χ2n) is 5.46. The first-order chi connectivity index (χ1) is 11.1. The van der Waals surface area contributed by atoms with Gasteiger partial charge >= 0.3 is 0 Å². The first-order valence-corrected chi connectivity index (χ1v) is 8.34. The van der Waals surface area contributed by atoms with E-state index in [0.717, 1.165) is 27.0 Å². The molecule has 3 aromatic rings. The highest BCUT2D eigenvalue weighted by molar-refractivity contribution is 7.09. The minimum atomic E-state index is -0.722. The summed E-state index contributed by atoms with van der Waals surface area (Å²) >= 11 is 1.53. The molecular formula is C18H18N2O2S. The van der Waals surface area contributed by atoms with Gasteiger partial charge in [0.25, 0.3) is 0 Å². The Morgan fingerprint density at radius 2 is 2.04 bits per heavy atom. The molecule has 0 aliphatic heterocycles. The Bertz CT molecular complexity index is 829. The Hall–Kier alpha value is -2.24. The van der Waals surface area contributed by atoms with Gasteiger partial charge in [0.1, 0.15) is 0 Å². The third kappa shape index (κ3) is 3.94. The number of aryl methyl sites for hydroxylation is 1. The summed E-state index contributed by atoms with van der Waals surface area (Å²) in [7, 11) is 0. The van der Waals surface area contributed by atoms with Crippen molar-refractivity contribution >= 4 is 28.0 Å². The molecule has 1 aromatic heterocycles. The maximum atomic E-state index is 11.9. The van der Waals surface area contributed by atoms with Crippen molar-refractivity contribution in [1.29, 1.82) is 0 Å². The number of rotatable bonds is 5. The van der Waals surface area contributed by atoms with Crippen molar-refractivity contribution in [2.45, 2.75) is 19.4 Å². The number of aliphatic hydroxyl groups is 1. The molecule has 2 N–H and O–H groups in total. The summed E-state index contributed by atoms with van der Waals surface area (Å²) in [5, 5.41) is 18.1. The Morgan fingerprint density at radius 1 is 1.26 bits per heavy atom. The van der Waals surface area contributed by atoms with Gasteiger partial charge in [-0.1, -0.05) is 36.4 Å². The predicted molar refractivity (Wildman–Crippen MR) is 92.5 cm³/mol. The number of amides is 1. The molecule has 0 saturated heterocycles. The zero-order valence-electron chi connectivity index (χ0n) is 12.8. The fourth-order valence-electron chi connectivity index (χ4n) is 2.46. The van der Waals surface area contributed by atoms with Gasteiger partial charge in [-0.25, -0.2) is 4.98 Å². The highest BCUT2D eigenvalue weighted by atomic mass is 32.1. The van der Waals surface area contributed by atoms with E-state index in [1.807, 2.05) is 54.8 Å². The van der Waals surface area contributed by atoms with Crippen LogP contribution in [0.1, 0.15) is 22.4 Å². The van der Waals surface area contributed by atoms with Gasteiger partial charge in [-0.2, -0.15) is 0 Å². The van der Waals surface area contributed by atoms with Gasteiger partial charge in [-0.15, -0.1) is 11.3 Å². The van der Waals surface area contributed by atoms with Crippen LogP contribution in [0.2, 0.25) is 0 Å². The minimum Gasteiger partial charge on any atom is -0.387 e. The SMILES string of the molecule is Cc1nc(CC(=O)NCC(O)c2ccc3ccccc3c2)cs1. The van der Waals surface area contributed by atoms with Crippen LogP contribution < -0.4 is 5.32 Å². The van der Waals surface area contributed by atoms with Crippen LogP contribution in [0, 0.1) is 6.92 Å². The van der Waals surface area contributed by atoms with Gasteiger partial charge in [0, 0.05) is 11.9 Å². The molecular weight excluding hydrogens is 308 g/mol. The lowest BCUT2D eigenvalue weighted by Gasteiger charge is -2.13. The lowest BCUT2D eigenvalue weighted by molar-refractivity contribution is -0.120. The van der Waals surface area contributed by atoms with E-state index < -0.39 is 6.10 Å². The Balaban J connectivity index is 1.59. The molecule has 3 rings (SSSR count). The summed E-state index contributed by atoms with van der Waals surface area (Å²) in [6.07, 6.45) is -0.477. The van der Waals surface area contributed by atoms with Crippen LogP contribution in [-0.4, -0.2) is 22.5 Å². The molecule has 0 spiro atoms. The summed E-state index contributed by atoms with van der Waals surface area (Å²) in [5.74, 6) is -0.130. The molecule has 2 aromatic carbocycles. The molecule has 1 amide bonds. The van der Waals surface area contributed by atoms with Crippen molar-refractivity contribution in [2.75, 3.05) is 6.54 Å². The fourth-order valence-corrected chi connectivity index (χ4v) is 3.07. The number of nitrogens with one attached hydrogen (secondary N) is 1. The highest BCUT2D eigenvalue weighted by Crippen LogP contribution is 2.20. The standard InChI is InChI=1S/C18H18N2O2S/c1-12-20-16(11-23-12)9-18(22)19-10-17(21)15-7-6-13-4-2-3-5-14(13)8-15/h2-8,11,17,21H,9-10H2,1H3,(H,19,22). The molecule has 118 valence electrons. The number of benzene rings is 2. The van der Waals surface area contributed by atoms with E-state index >= 15 is 0 Å². The highest BCUT2D eigenvalue weighted by Gasteiger charge is 2.11. The van der Waals surface area contributed by atoms with Gasteiger partial charge in [-0.05, 0) is 29.3 Å². The molecule has 0 radical (unpaired) electrons. The van der Waals surface area contributed by atoms with E-state index in [2.05, 4.69) is 10.3 Å². The summed E-state index contributed by atoms with van der Waals surface area (Å²) in [6, 6.07) is 13.8. The number of aliphatic hydroxyl groups excluding tert-OH is 1. The second-order valence-corrected chi connectivity index (χ2v) is 6.52. The van der Waals surface area contributed by atoms with Crippen molar-refractivity contribution in [3.05, 3.63) is 64.1 Å². The van der Waals surface area contributed by atoms with E-state index in [0.29, 0.717) is 0 Å². The average Bonchev–Trinajstić information content (AvgIpc) is 2.97. The summed E-state index contributed by atoms with van der Waals surface area (Å²) in [4.78, 5) is 16.2. The maximum Gasteiger partial charge on any atom is 0.226 e. The second kappa shape index (κ2) is 6.89. The number of carbonyl (C=O) groups excluding carboxylic acids is 1.